The molecule has 1 aliphatic carbocycles. The molecule has 24 heavy (non-hydrogen) atoms. The van der Waals surface area contributed by atoms with Crippen molar-refractivity contribution in [2.45, 2.75) is 42.7 Å². The number of benzene rings is 1. The molecular formula is C13H14F3N5O2S. The van der Waals surface area contributed by atoms with Crippen molar-refractivity contribution >= 4 is 10.0 Å². The summed E-state index contributed by atoms with van der Waals surface area (Å²) >= 11 is 0. The summed E-state index contributed by atoms with van der Waals surface area (Å²) < 4.78 is 63.9. The molecule has 0 unspecified atom stereocenters. The van der Waals surface area contributed by atoms with Crippen molar-refractivity contribution in [3.05, 3.63) is 23.3 Å². The standard InChI is InChI=1S/C13H14F3N5O2S/c14-13(15,16)9-6-5-8(7-3-1-2-4-7)10(11(9)24(17,22)23)12-18-20-21-19-12/h5-7H,1-4H2,(H2,17,22,23)(H,18,19,20,21). The Labute approximate surface area is 135 Å². The summed E-state index contributed by atoms with van der Waals surface area (Å²) in [6, 6.07) is 2.06. The fraction of sp³-hybridized carbons (Fsp3) is 0.462. The first kappa shape index (κ1) is 16.8. The van der Waals surface area contributed by atoms with Crippen LogP contribution in [-0.4, -0.2) is 29.0 Å². The number of rotatable bonds is 3. The third kappa shape index (κ3) is 3.00. The van der Waals surface area contributed by atoms with E-state index in [4.69, 9.17) is 5.14 Å². The second kappa shape index (κ2) is 5.81. The van der Waals surface area contributed by atoms with E-state index in [1.54, 1.807) is 0 Å². The van der Waals surface area contributed by atoms with E-state index in [9.17, 15) is 21.6 Å². The van der Waals surface area contributed by atoms with Gasteiger partial charge in [0.05, 0.1) is 5.56 Å². The predicted octanol–water partition coefficient (Wildman–Crippen LogP) is 2.19. The van der Waals surface area contributed by atoms with Crippen LogP contribution in [0.3, 0.4) is 0 Å². The minimum atomic E-state index is -4.88. The summed E-state index contributed by atoms with van der Waals surface area (Å²) in [5.74, 6) is -0.208. The van der Waals surface area contributed by atoms with E-state index in [1.165, 1.54) is 6.07 Å². The maximum atomic E-state index is 13.3. The largest absolute Gasteiger partial charge is 0.417 e. The third-order valence-electron chi connectivity index (χ3n) is 4.16. The summed E-state index contributed by atoms with van der Waals surface area (Å²) in [4.78, 5) is -0.988. The van der Waals surface area contributed by atoms with Crippen LogP contribution in [0.4, 0.5) is 13.2 Å². The van der Waals surface area contributed by atoms with Crippen molar-refractivity contribution in [1.82, 2.24) is 20.6 Å². The number of hydrogen-bond acceptors (Lipinski definition) is 5. The van der Waals surface area contributed by atoms with Gasteiger partial charge in [-0.1, -0.05) is 18.9 Å². The topological polar surface area (TPSA) is 115 Å². The molecule has 1 aromatic carbocycles. The molecule has 11 heteroatoms. The number of aromatic nitrogens is 4. The Morgan fingerprint density at radius 2 is 1.88 bits per heavy atom. The Morgan fingerprint density at radius 3 is 2.38 bits per heavy atom. The number of nitrogens with one attached hydrogen (secondary N) is 1. The average Bonchev–Trinajstić information content (AvgIpc) is 3.17. The number of nitrogens with two attached hydrogens (primary N) is 1. The van der Waals surface area contributed by atoms with Crippen LogP contribution in [0, 0.1) is 0 Å². The van der Waals surface area contributed by atoms with E-state index in [2.05, 4.69) is 20.6 Å². The zero-order valence-corrected chi connectivity index (χ0v) is 13.2. The van der Waals surface area contributed by atoms with E-state index in [0.717, 1.165) is 31.7 Å². The van der Waals surface area contributed by atoms with Crippen LogP contribution >= 0.6 is 0 Å². The number of sulfonamides is 1. The first-order valence-electron chi connectivity index (χ1n) is 7.20. The van der Waals surface area contributed by atoms with Gasteiger partial charge in [0, 0.05) is 5.56 Å². The van der Waals surface area contributed by atoms with Gasteiger partial charge in [-0.2, -0.15) is 13.2 Å². The fourth-order valence-corrected chi connectivity index (χ4v) is 4.19. The Morgan fingerprint density at radius 1 is 1.21 bits per heavy atom. The molecule has 0 spiro atoms. The highest BCUT2D eigenvalue weighted by Gasteiger charge is 2.40. The van der Waals surface area contributed by atoms with Gasteiger partial charge >= 0.3 is 6.18 Å². The number of tetrazole rings is 1. The summed E-state index contributed by atoms with van der Waals surface area (Å²) in [6.07, 6.45) is -1.53. The first-order chi connectivity index (χ1) is 11.2. The summed E-state index contributed by atoms with van der Waals surface area (Å²) in [5.41, 5.74) is -1.05. The number of H-pyrrole nitrogens is 1. The van der Waals surface area contributed by atoms with Crippen LogP contribution in [0.15, 0.2) is 17.0 Å². The van der Waals surface area contributed by atoms with Gasteiger partial charge in [0.2, 0.25) is 10.0 Å². The fourth-order valence-electron chi connectivity index (χ4n) is 3.20. The Bertz CT molecular complexity index is 843. The molecule has 2 aromatic rings. The molecule has 0 bridgehead atoms. The summed E-state index contributed by atoms with van der Waals surface area (Å²) in [5, 5.41) is 17.8. The van der Waals surface area contributed by atoms with Crippen molar-refractivity contribution in [3.63, 3.8) is 0 Å². The number of nitrogens with zero attached hydrogens (tertiary/aromatic N) is 3. The maximum Gasteiger partial charge on any atom is 0.417 e. The van der Waals surface area contributed by atoms with Crippen LogP contribution in [-0.2, 0) is 16.2 Å². The lowest BCUT2D eigenvalue weighted by atomic mass is 9.91. The van der Waals surface area contributed by atoms with E-state index in [-0.39, 0.29) is 17.3 Å². The van der Waals surface area contributed by atoms with E-state index < -0.39 is 26.7 Å². The quantitative estimate of drug-likeness (QED) is 0.870. The third-order valence-corrected chi connectivity index (χ3v) is 5.15. The van der Waals surface area contributed by atoms with Gasteiger partial charge in [0.1, 0.15) is 4.90 Å². The predicted molar refractivity (Wildman–Crippen MR) is 77.2 cm³/mol. The van der Waals surface area contributed by atoms with Gasteiger partial charge in [-0.3, -0.25) is 0 Å². The molecule has 7 nitrogen and oxygen atoms in total. The van der Waals surface area contributed by atoms with Crippen LogP contribution in [0.2, 0.25) is 0 Å². The van der Waals surface area contributed by atoms with Gasteiger partial charge in [0.25, 0.3) is 0 Å². The molecule has 1 saturated carbocycles. The molecule has 0 radical (unpaired) electrons. The normalized spacial score (nSPS) is 16.7. The SMILES string of the molecule is NS(=O)(=O)c1c(C(F)(F)F)ccc(C2CCCC2)c1-c1nnn[nH]1. The van der Waals surface area contributed by atoms with Crippen molar-refractivity contribution < 1.29 is 21.6 Å². The molecular weight excluding hydrogens is 347 g/mol. The van der Waals surface area contributed by atoms with E-state index in [0.29, 0.717) is 5.56 Å². The Hall–Kier alpha value is -2.01. The highest BCUT2D eigenvalue weighted by atomic mass is 32.2. The highest BCUT2D eigenvalue weighted by Crippen LogP contribution is 2.45. The van der Waals surface area contributed by atoms with Crippen LogP contribution in [0.25, 0.3) is 11.4 Å². The summed E-state index contributed by atoms with van der Waals surface area (Å²) in [6.45, 7) is 0. The number of primary sulfonamides is 1. The maximum absolute atomic E-state index is 13.3. The molecule has 3 rings (SSSR count). The lowest BCUT2D eigenvalue weighted by molar-refractivity contribution is -0.139. The second-order valence-corrected chi connectivity index (χ2v) is 7.18. The first-order valence-corrected chi connectivity index (χ1v) is 8.75. The van der Waals surface area contributed by atoms with Crippen molar-refractivity contribution in [2.75, 3.05) is 0 Å². The van der Waals surface area contributed by atoms with Gasteiger partial charge in [0.15, 0.2) is 5.82 Å². The van der Waals surface area contributed by atoms with Crippen LogP contribution in [0.1, 0.15) is 42.7 Å². The monoisotopic (exact) mass is 361 g/mol. The molecule has 130 valence electrons. The van der Waals surface area contributed by atoms with Gasteiger partial charge in [-0.25, -0.2) is 18.7 Å². The number of hydrogen-bond donors (Lipinski definition) is 2. The minimum Gasteiger partial charge on any atom is -0.239 e. The number of halogens is 3. The molecule has 0 aliphatic heterocycles. The molecule has 1 heterocycles. The number of aromatic amines is 1. The molecule has 3 N–H and O–H groups in total. The molecule has 0 saturated heterocycles. The van der Waals surface area contributed by atoms with Gasteiger partial charge in [-0.15, -0.1) is 5.10 Å². The zero-order chi connectivity index (χ0) is 17.5. The summed E-state index contributed by atoms with van der Waals surface area (Å²) in [7, 11) is -4.66. The van der Waals surface area contributed by atoms with Crippen LogP contribution in [0.5, 0.6) is 0 Å². The Kier molecular flexibility index (Phi) is 4.08. The van der Waals surface area contributed by atoms with E-state index in [1.807, 2.05) is 0 Å². The van der Waals surface area contributed by atoms with E-state index >= 15 is 0 Å². The molecule has 1 fully saturated rings. The molecule has 0 atom stereocenters. The molecule has 1 aliphatic rings. The lowest BCUT2D eigenvalue weighted by Crippen LogP contribution is -2.21. The zero-order valence-electron chi connectivity index (χ0n) is 12.3. The Balaban J connectivity index is 2.38. The van der Waals surface area contributed by atoms with Crippen LogP contribution < -0.4 is 5.14 Å². The van der Waals surface area contributed by atoms with Gasteiger partial charge < -0.3 is 0 Å². The number of alkyl halides is 3. The second-order valence-electron chi connectivity index (χ2n) is 5.68. The smallest absolute Gasteiger partial charge is 0.239 e. The van der Waals surface area contributed by atoms with Crippen molar-refractivity contribution in [2.24, 2.45) is 5.14 Å². The molecule has 1 aromatic heterocycles. The highest BCUT2D eigenvalue weighted by molar-refractivity contribution is 7.89. The average molecular weight is 361 g/mol. The van der Waals surface area contributed by atoms with Crippen molar-refractivity contribution in [3.8, 4) is 11.4 Å². The minimum absolute atomic E-state index is 0.0621. The van der Waals surface area contributed by atoms with Crippen molar-refractivity contribution in [1.29, 1.82) is 0 Å². The van der Waals surface area contributed by atoms with Gasteiger partial charge in [-0.05, 0) is 40.8 Å². The lowest BCUT2D eigenvalue weighted by Gasteiger charge is -2.20. The molecule has 0 amide bonds.